The van der Waals surface area contributed by atoms with Crippen molar-refractivity contribution in [1.82, 2.24) is 59.5 Å². The van der Waals surface area contributed by atoms with E-state index in [0.29, 0.717) is 43.2 Å². The Kier molecular flexibility index (Phi) is 30.2. The lowest BCUT2D eigenvalue weighted by atomic mass is 9.80. The van der Waals surface area contributed by atoms with Crippen molar-refractivity contribution in [3.63, 3.8) is 0 Å². The molecule has 0 radical (unpaired) electrons. The first-order valence-corrected chi connectivity index (χ1v) is 23.8. The van der Waals surface area contributed by atoms with E-state index in [2.05, 4.69) is 70.1 Å². The molecule has 0 fully saturated rings. The van der Waals surface area contributed by atoms with Crippen LogP contribution >= 0.6 is 22.6 Å². The van der Waals surface area contributed by atoms with Gasteiger partial charge in [-0.1, -0.05) is 118 Å². The van der Waals surface area contributed by atoms with E-state index >= 15 is 0 Å². The smallest absolute Gasteiger partial charge is 0.423 e. The predicted octanol–water partition coefficient (Wildman–Crippen LogP) is 13.2. The van der Waals surface area contributed by atoms with Gasteiger partial charge in [-0.2, -0.15) is 31.3 Å². The van der Waals surface area contributed by atoms with Gasteiger partial charge in [0.1, 0.15) is 12.7 Å². The lowest BCUT2D eigenvalue weighted by Crippen LogP contribution is -2.29. The Labute approximate surface area is 512 Å². The Morgan fingerprint density at radius 2 is 1.01 bits per heavy atom. The number of nitrogen functional groups attached to an aromatic ring is 1. The molecule has 0 aliphatic rings. The van der Waals surface area contributed by atoms with Gasteiger partial charge in [0.25, 0.3) is 0 Å². The zero-order chi connectivity index (χ0) is 61.4. The highest BCUT2D eigenvalue weighted by Gasteiger charge is 2.31. The summed E-state index contributed by atoms with van der Waals surface area (Å²) in [7, 11) is -1.49. The van der Waals surface area contributed by atoms with E-state index in [0.717, 1.165) is 36.3 Å². The number of rotatable bonds is 8. The summed E-state index contributed by atoms with van der Waals surface area (Å²) in [6.07, 6.45) is -3.39. The van der Waals surface area contributed by atoms with Gasteiger partial charge in [-0.05, 0) is 111 Å². The molecule has 0 aliphatic heterocycles. The molecule has 10 rings (SSSR count). The first-order chi connectivity index (χ1) is 40.0. The molecule has 0 amide bonds. The summed E-state index contributed by atoms with van der Waals surface area (Å²) < 4.78 is 78.9. The molecule has 0 bridgehead atoms. The molecule has 6 N–H and O–H groups in total. The number of alkyl halides is 6. The van der Waals surface area contributed by atoms with Crippen LogP contribution in [-0.2, 0) is 12.4 Å². The van der Waals surface area contributed by atoms with Crippen molar-refractivity contribution in [1.29, 1.82) is 0 Å². The quantitative estimate of drug-likeness (QED) is 0.0236. The fourth-order valence-corrected chi connectivity index (χ4v) is 6.57. The lowest BCUT2D eigenvalue weighted by Gasteiger charge is -2.08. The van der Waals surface area contributed by atoms with E-state index in [4.69, 9.17) is 42.1 Å². The molecule has 4 heterocycles. The third-order valence-corrected chi connectivity index (χ3v) is 10.5. The average molecular weight is 1330 g/mol. The molecule has 0 unspecified atom stereocenters. The molecule has 4 aromatic heterocycles. The van der Waals surface area contributed by atoms with Gasteiger partial charge in [-0.15, -0.1) is 20.0 Å². The molecule has 6 aromatic carbocycles. The normalized spacial score (nSPS) is 9.69. The molecule has 10 aromatic rings. The van der Waals surface area contributed by atoms with Crippen molar-refractivity contribution in [2.75, 3.05) is 11.1 Å². The second-order valence-electron chi connectivity index (χ2n) is 15.6. The number of aromatic amines is 1. The van der Waals surface area contributed by atoms with Gasteiger partial charge in [0.15, 0.2) is 22.7 Å². The minimum absolute atomic E-state index is 0. The number of H-pyrrole nitrogens is 1. The van der Waals surface area contributed by atoms with E-state index < -0.39 is 46.4 Å². The second kappa shape index (κ2) is 35.6. The molecule has 0 saturated carbocycles. The number of nitrogens with one attached hydrogen (secondary N) is 2. The topological polar surface area (TPSA) is 316 Å². The zero-order valence-electron chi connectivity index (χ0n) is 42.1. The maximum Gasteiger partial charge on any atom is 0.491 e. The number of benzene rings is 6. The van der Waals surface area contributed by atoms with Gasteiger partial charge < -0.3 is 41.3 Å². The van der Waals surface area contributed by atoms with Crippen LogP contribution in [0.25, 0.3) is 36.4 Å². The highest BCUT2D eigenvalue weighted by Crippen LogP contribution is 2.32. The standard InChI is InChI=1S/C16H10F3N5.C9H5N5O2.C9H7N5.C7H6BNO2.C7H4F3I.C2H2N4O2.4CH4/c1-20-12-5-3-7-14(9-12)24-10-21-15(23-24)22-13-6-2-4-11(8-13)16(17,18)19;1-10-7-3-2-4-8(5-7)13-6-11-9(12-13)14(15)16;1-11-7-3-2-4-8(5-7)14-6-12-9(10)13-14;1-9-7-4-2-3-6(5-7)8(10)11;8-7(9,10)5-2-1-3-6(11)4-5;7-6(8)2-3-1-4-5-2;;;;/h2-10H,(H,22,23);2-6H;2-6H,(H2,10,13);2-5,10-11H;1-4H;1H,(H,3,4,5);4*1H4. The van der Waals surface area contributed by atoms with Crippen molar-refractivity contribution in [3.8, 4) is 17.1 Å². The van der Waals surface area contributed by atoms with Crippen LogP contribution in [0.2, 0.25) is 0 Å². The monoisotopic (exact) mass is 1330 g/mol. The van der Waals surface area contributed by atoms with Gasteiger partial charge in [-0.3, -0.25) is 0 Å². The van der Waals surface area contributed by atoms with Crippen LogP contribution in [0.4, 0.5) is 78.6 Å². The minimum atomic E-state index is -4.41. The number of aromatic nitrogens is 12. The molecule has 26 nitrogen and oxygen atoms in total. The number of nitrogens with zero attached hydrogens (tertiary/aromatic N) is 17. The van der Waals surface area contributed by atoms with Crippen LogP contribution in [0.1, 0.15) is 40.8 Å². The first kappa shape index (κ1) is 74.5. The number of hydrogen-bond acceptors (Lipinski definition) is 16. The van der Waals surface area contributed by atoms with Crippen LogP contribution in [0, 0.1) is 50.1 Å². The Balaban J connectivity index is 0.000000542. The van der Waals surface area contributed by atoms with Crippen molar-refractivity contribution in [3.05, 3.63) is 251 Å². The molecule has 0 spiro atoms. The molecule has 0 aliphatic carbocycles. The summed E-state index contributed by atoms with van der Waals surface area (Å²) in [5, 5.41) is 57.3. The number of halogens is 7. The number of nitrogens with two attached hydrogens (primary N) is 1. The van der Waals surface area contributed by atoms with Crippen LogP contribution in [-0.4, -0.2) is 86.5 Å². The number of hydrogen-bond donors (Lipinski definition) is 5. The summed E-state index contributed by atoms with van der Waals surface area (Å²) in [5.74, 6) is -0.418. The average Bonchev–Trinajstić information content (AvgIpc) is 2.62. The lowest BCUT2D eigenvalue weighted by molar-refractivity contribution is -0.394. The molecule has 0 atom stereocenters. The van der Waals surface area contributed by atoms with Gasteiger partial charge in [0.05, 0.1) is 54.5 Å². The third kappa shape index (κ3) is 23.7. The highest BCUT2D eigenvalue weighted by molar-refractivity contribution is 14.1. The van der Waals surface area contributed by atoms with Gasteiger partial charge in [0, 0.05) is 14.4 Å². The minimum Gasteiger partial charge on any atom is -0.423 e. The van der Waals surface area contributed by atoms with E-state index in [-0.39, 0.29) is 53.2 Å². The summed E-state index contributed by atoms with van der Waals surface area (Å²) >= 11 is 1.85. The van der Waals surface area contributed by atoms with E-state index in [1.165, 1.54) is 57.3 Å². The van der Waals surface area contributed by atoms with Crippen LogP contribution < -0.4 is 16.5 Å². The zero-order valence-corrected chi connectivity index (χ0v) is 44.3. The third-order valence-electron chi connectivity index (χ3n) is 9.79. The molecular weight excluding hydrogens is 1280 g/mol. The second-order valence-corrected chi connectivity index (χ2v) is 16.8. The maximum absolute atomic E-state index is 12.7. The van der Waals surface area contributed by atoms with Crippen molar-refractivity contribution >= 4 is 87.4 Å². The molecular formula is C54H50BF6IN20O6. The maximum atomic E-state index is 12.7. The Bertz CT molecular complexity index is 4000. The van der Waals surface area contributed by atoms with E-state index in [1.54, 1.807) is 91.0 Å². The Morgan fingerprint density at radius 1 is 0.568 bits per heavy atom. The summed E-state index contributed by atoms with van der Waals surface area (Å²) in [6.45, 7) is 27.4. The Morgan fingerprint density at radius 3 is 1.41 bits per heavy atom. The van der Waals surface area contributed by atoms with E-state index in [1.807, 2.05) is 28.7 Å². The highest BCUT2D eigenvalue weighted by atomic mass is 127. The number of anilines is 3. The van der Waals surface area contributed by atoms with Gasteiger partial charge in [-0.25, -0.2) is 33.7 Å². The van der Waals surface area contributed by atoms with Crippen molar-refractivity contribution in [2.45, 2.75) is 42.1 Å². The summed E-state index contributed by atoms with van der Waals surface area (Å²) in [4.78, 5) is 46.4. The van der Waals surface area contributed by atoms with Crippen LogP contribution in [0.3, 0.4) is 0 Å². The van der Waals surface area contributed by atoms with Gasteiger partial charge in [0.2, 0.25) is 24.6 Å². The van der Waals surface area contributed by atoms with Crippen molar-refractivity contribution in [2.24, 2.45) is 0 Å². The van der Waals surface area contributed by atoms with Crippen LogP contribution in [0.15, 0.2) is 171 Å². The largest absolute Gasteiger partial charge is 0.491 e. The van der Waals surface area contributed by atoms with Crippen molar-refractivity contribution < 1.29 is 46.2 Å². The van der Waals surface area contributed by atoms with E-state index in [9.17, 15) is 46.6 Å². The molecule has 88 heavy (non-hydrogen) atoms. The number of nitro groups is 2. The SMILES string of the molecule is C.C.C.C.FC(F)(F)c1cccc(I)c1.O=[N+]([O-])c1ncn[nH]1.[C-]#[N+]c1cccc(-n2cnc(N)n2)c1.[C-]#[N+]c1cccc(-n2cnc(Nc3cccc(C(F)(F)F)c3)n2)c1.[C-]#[N+]c1cccc(-n2cnc([N+](=O)[O-])n2)c1.[C-]#[N+]c1cccc(B(O)O)c1. The molecule has 0 saturated heterocycles. The first-order valence-electron chi connectivity index (χ1n) is 22.7. The fourth-order valence-electron chi connectivity index (χ4n) is 6.03. The Hall–Kier alpha value is -11.5. The fraction of sp³-hybridized carbons (Fsp3) is 0.111. The molecule has 454 valence electrons. The molecule has 34 heteroatoms. The van der Waals surface area contributed by atoms with Gasteiger partial charge >= 0.3 is 31.4 Å². The van der Waals surface area contributed by atoms with Crippen LogP contribution in [0.5, 0.6) is 0 Å². The summed E-state index contributed by atoms with van der Waals surface area (Å²) in [5.41, 5.74) is 8.47. The summed E-state index contributed by atoms with van der Waals surface area (Å²) in [6, 6.07) is 36.6. The predicted molar refractivity (Wildman–Crippen MR) is 325 cm³/mol.